The predicted octanol–water partition coefficient (Wildman–Crippen LogP) is 3.83. The first-order valence-electron chi connectivity index (χ1n) is 7.02. The number of halogens is 1. The minimum atomic E-state index is -0.318. The second kappa shape index (κ2) is 6.66. The van der Waals surface area contributed by atoms with Gasteiger partial charge in [0.25, 0.3) is 0 Å². The molecule has 0 fully saturated rings. The third-order valence-electron chi connectivity index (χ3n) is 3.26. The second-order valence-electron chi connectivity index (χ2n) is 5.07. The molecule has 0 aliphatic heterocycles. The number of carbonyl (C=O) groups is 1. The average Bonchev–Trinajstić information content (AvgIpc) is 2.99. The van der Waals surface area contributed by atoms with Crippen molar-refractivity contribution < 1.29 is 9.18 Å². The van der Waals surface area contributed by atoms with E-state index in [0.717, 1.165) is 10.6 Å². The average molecular weight is 327 g/mol. The van der Waals surface area contributed by atoms with E-state index in [0.29, 0.717) is 16.9 Å². The fourth-order valence-electron chi connectivity index (χ4n) is 2.14. The van der Waals surface area contributed by atoms with Gasteiger partial charge in [-0.25, -0.2) is 9.37 Å². The highest BCUT2D eigenvalue weighted by Crippen LogP contribution is 2.23. The molecule has 1 amide bonds. The van der Waals surface area contributed by atoms with Crippen LogP contribution in [0.3, 0.4) is 0 Å². The van der Waals surface area contributed by atoms with Gasteiger partial charge in [-0.05, 0) is 42.8 Å². The minimum Gasteiger partial charge on any atom is -0.326 e. The van der Waals surface area contributed by atoms with Crippen molar-refractivity contribution in [1.29, 1.82) is 0 Å². The third-order valence-corrected chi connectivity index (χ3v) is 4.20. The van der Waals surface area contributed by atoms with Crippen LogP contribution in [0.1, 0.15) is 11.3 Å². The van der Waals surface area contributed by atoms with E-state index in [2.05, 4.69) is 15.3 Å². The summed E-state index contributed by atoms with van der Waals surface area (Å²) in [5, 5.41) is 5.47. The molecule has 0 saturated carbocycles. The van der Waals surface area contributed by atoms with E-state index in [1.54, 1.807) is 25.4 Å². The standard InChI is InChI=1S/C17H14FN3OS/c1-11-7-13(18)4-5-15(11)21-16(22)8-14-10-23-17(20-14)12-3-2-6-19-9-12/h2-7,9-10H,8H2,1H3,(H,21,22). The quantitative estimate of drug-likeness (QED) is 0.792. The van der Waals surface area contributed by atoms with Crippen LogP contribution in [0.15, 0.2) is 48.1 Å². The molecular weight excluding hydrogens is 313 g/mol. The first-order chi connectivity index (χ1) is 11.1. The molecule has 116 valence electrons. The van der Waals surface area contributed by atoms with Crippen LogP contribution in [0, 0.1) is 12.7 Å². The molecule has 0 atom stereocenters. The van der Waals surface area contributed by atoms with Crippen LogP contribution in [-0.4, -0.2) is 15.9 Å². The van der Waals surface area contributed by atoms with Gasteiger partial charge in [0.1, 0.15) is 10.8 Å². The second-order valence-corrected chi connectivity index (χ2v) is 5.93. The van der Waals surface area contributed by atoms with Gasteiger partial charge in [-0.1, -0.05) is 0 Å². The van der Waals surface area contributed by atoms with Crippen LogP contribution in [0.5, 0.6) is 0 Å². The summed E-state index contributed by atoms with van der Waals surface area (Å²) in [5.41, 5.74) is 2.93. The maximum atomic E-state index is 13.1. The Kier molecular flexibility index (Phi) is 4.43. The lowest BCUT2D eigenvalue weighted by Gasteiger charge is -2.07. The first-order valence-corrected chi connectivity index (χ1v) is 7.90. The van der Waals surface area contributed by atoms with Gasteiger partial charge >= 0.3 is 0 Å². The first kappa shape index (κ1) is 15.3. The lowest BCUT2D eigenvalue weighted by Crippen LogP contribution is -2.15. The van der Waals surface area contributed by atoms with Gasteiger partial charge in [0.05, 0.1) is 12.1 Å². The Bertz CT molecular complexity index is 833. The fraction of sp³-hybridized carbons (Fsp3) is 0.118. The van der Waals surface area contributed by atoms with Gasteiger partial charge in [0.2, 0.25) is 5.91 Å². The number of thiazole rings is 1. The summed E-state index contributed by atoms with van der Waals surface area (Å²) in [6.07, 6.45) is 3.62. The van der Waals surface area contributed by atoms with Crippen molar-refractivity contribution in [3.05, 3.63) is 65.2 Å². The van der Waals surface area contributed by atoms with Gasteiger partial charge in [-0.15, -0.1) is 11.3 Å². The lowest BCUT2D eigenvalue weighted by molar-refractivity contribution is -0.115. The van der Waals surface area contributed by atoms with Gasteiger partial charge in [-0.3, -0.25) is 9.78 Å². The zero-order valence-electron chi connectivity index (χ0n) is 12.4. The lowest BCUT2D eigenvalue weighted by atomic mass is 10.2. The molecule has 2 heterocycles. The monoisotopic (exact) mass is 327 g/mol. The number of anilines is 1. The van der Waals surface area contributed by atoms with E-state index in [1.807, 2.05) is 17.5 Å². The molecular formula is C17H14FN3OS. The number of pyridine rings is 1. The van der Waals surface area contributed by atoms with Crippen LogP contribution in [-0.2, 0) is 11.2 Å². The van der Waals surface area contributed by atoms with Crippen LogP contribution in [0.2, 0.25) is 0 Å². The van der Waals surface area contributed by atoms with Crippen molar-refractivity contribution in [1.82, 2.24) is 9.97 Å². The van der Waals surface area contributed by atoms with E-state index in [9.17, 15) is 9.18 Å². The molecule has 23 heavy (non-hydrogen) atoms. The summed E-state index contributed by atoms with van der Waals surface area (Å²) in [6.45, 7) is 1.75. The summed E-state index contributed by atoms with van der Waals surface area (Å²) in [6, 6.07) is 8.05. The predicted molar refractivity (Wildman–Crippen MR) is 88.8 cm³/mol. The minimum absolute atomic E-state index is 0.174. The SMILES string of the molecule is Cc1cc(F)ccc1NC(=O)Cc1csc(-c2cccnc2)n1. The summed E-state index contributed by atoms with van der Waals surface area (Å²) in [7, 11) is 0. The molecule has 0 unspecified atom stereocenters. The molecule has 0 bridgehead atoms. The topological polar surface area (TPSA) is 54.9 Å². The smallest absolute Gasteiger partial charge is 0.230 e. The summed E-state index contributed by atoms with van der Waals surface area (Å²) < 4.78 is 13.1. The van der Waals surface area contributed by atoms with Crippen molar-refractivity contribution in [2.45, 2.75) is 13.3 Å². The van der Waals surface area contributed by atoms with Crippen molar-refractivity contribution in [3.63, 3.8) is 0 Å². The molecule has 0 saturated heterocycles. The number of hydrogen-bond donors (Lipinski definition) is 1. The number of aryl methyl sites for hydroxylation is 1. The van der Waals surface area contributed by atoms with Crippen molar-refractivity contribution >= 4 is 22.9 Å². The number of nitrogens with zero attached hydrogens (tertiary/aromatic N) is 2. The van der Waals surface area contributed by atoms with E-state index in [1.165, 1.54) is 23.5 Å². The van der Waals surface area contributed by atoms with Gasteiger partial charge < -0.3 is 5.32 Å². The van der Waals surface area contributed by atoms with Crippen molar-refractivity contribution in [3.8, 4) is 10.6 Å². The largest absolute Gasteiger partial charge is 0.326 e. The Balaban J connectivity index is 1.68. The highest BCUT2D eigenvalue weighted by Gasteiger charge is 2.10. The Labute approximate surface area is 137 Å². The molecule has 3 rings (SSSR count). The van der Waals surface area contributed by atoms with E-state index in [4.69, 9.17) is 0 Å². The molecule has 4 nitrogen and oxygen atoms in total. The van der Waals surface area contributed by atoms with Crippen LogP contribution >= 0.6 is 11.3 Å². The number of rotatable bonds is 4. The number of hydrogen-bond acceptors (Lipinski definition) is 4. The number of amides is 1. The Morgan fingerprint density at radius 1 is 1.35 bits per heavy atom. The zero-order valence-corrected chi connectivity index (χ0v) is 13.2. The molecule has 1 aromatic carbocycles. The number of carbonyl (C=O) groups excluding carboxylic acids is 1. The van der Waals surface area contributed by atoms with Crippen LogP contribution in [0.25, 0.3) is 10.6 Å². The number of benzene rings is 1. The van der Waals surface area contributed by atoms with Gasteiger partial charge in [-0.2, -0.15) is 0 Å². The van der Waals surface area contributed by atoms with Crippen molar-refractivity contribution in [2.24, 2.45) is 0 Å². The van der Waals surface area contributed by atoms with Gasteiger partial charge in [0.15, 0.2) is 0 Å². The number of aromatic nitrogens is 2. The molecule has 2 aromatic heterocycles. The third kappa shape index (κ3) is 3.78. The van der Waals surface area contributed by atoms with E-state index < -0.39 is 0 Å². The maximum Gasteiger partial charge on any atom is 0.230 e. The molecule has 0 aliphatic rings. The summed E-state index contributed by atoms with van der Waals surface area (Å²) in [5.74, 6) is -0.496. The summed E-state index contributed by atoms with van der Waals surface area (Å²) in [4.78, 5) is 20.6. The zero-order chi connectivity index (χ0) is 16.2. The van der Waals surface area contributed by atoms with Gasteiger partial charge in [0, 0.05) is 29.0 Å². The van der Waals surface area contributed by atoms with Crippen molar-refractivity contribution in [2.75, 3.05) is 5.32 Å². The Hall–Kier alpha value is -2.60. The van der Waals surface area contributed by atoms with E-state index >= 15 is 0 Å². The normalized spacial score (nSPS) is 10.5. The Morgan fingerprint density at radius 2 is 2.22 bits per heavy atom. The molecule has 0 radical (unpaired) electrons. The number of nitrogens with one attached hydrogen (secondary N) is 1. The molecule has 0 aliphatic carbocycles. The molecule has 3 aromatic rings. The highest BCUT2D eigenvalue weighted by molar-refractivity contribution is 7.13. The maximum absolute atomic E-state index is 13.1. The van der Waals surface area contributed by atoms with E-state index in [-0.39, 0.29) is 18.1 Å². The Morgan fingerprint density at radius 3 is 2.96 bits per heavy atom. The van der Waals surface area contributed by atoms with Crippen LogP contribution in [0.4, 0.5) is 10.1 Å². The van der Waals surface area contributed by atoms with Crippen LogP contribution < -0.4 is 5.32 Å². The fourth-order valence-corrected chi connectivity index (χ4v) is 2.95. The molecule has 6 heteroatoms. The molecule has 1 N–H and O–H groups in total. The summed E-state index contributed by atoms with van der Waals surface area (Å²) >= 11 is 1.48. The highest BCUT2D eigenvalue weighted by atomic mass is 32.1. The molecule has 0 spiro atoms.